The highest BCUT2D eigenvalue weighted by molar-refractivity contribution is 5.95. The van der Waals surface area contributed by atoms with E-state index in [9.17, 15) is 4.79 Å². The molecule has 2 aliphatic heterocycles. The Hall–Kier alpha value is -1.29. The second kappa shape index (κ2) is 5.37. The first-order chi connectivity index (χ1) is 9.31. The van der Waals surface area contributed by atoms with E-state index in [0.717, 1.165) is 43.7 Å². The molecule has 0 bridgehead atoms. The number of nitrogens with one attached hydrogen (secondary N) is 1. The number of aryl methyl sites for hydroxylation is 1. The maximum Gasteiger partial charge on any atom is 0.257 e. The maximum atomic E-state index is 12.7. The quantitative estimate of drug-likeness (QED) is 0.908. The van der Waals surface area contributed by atoms with Gasteiger partial charge in [-0.05, 0) is 38.3 Å². The normalized spacial score (nSPS) is 27.1. The Morgan fingerprint density at radius 2 is 2.37 bits per heavy atom. The molecule has 0 radical (unpaired) electrons. The second-order valence-electron chi connectivity index (χ2n) is 5.52. The Kier molecular flexibility index (Phi) is 3.60. The van der Waals surface area contributed by atoms with E-state index in [0.29, 0.717) is 12.1 Å². The molecular weight excluding hydrogens is 240 g/mol. The minimum atomic E-state index is 0.154. The van der Waals surface area contributed by atoms with Crippen molar-refractivity contribution in [2.75, 3.05) is 13.1 Å². The van der Waals surface area contributed by atoms with Crippen LogP contribution in [0.4, 0.5) is 0 Å². The van der Waals surface area contributed by atoms with Gasteiger partial charge in [-0.25, -0.2) is 0 Å². The zero-order valence-electron chi connectivity index (χ0n) is 11.5. The summed E-state index contributed by atoms with van der Waals surface area (Å²) in [5.74, 6) is 0.969. The second-order valence-corrected chi connectivity index (χ2v) is 5.52. The van der Waals surface area contributed by atoms with Crippen LogP contribution < -0.4 is 5.32 Å². The predicted molar refractivity (Wildman–Crippen MR) is 73.2 cm³/mol. The van der Waals surface area contributed by atoms with Gasteiger partial charge in [0.1, 0.15) is 5.76 Å². The number of nitrogens with zero attached hydrogens (tertiary/aromatic N) is 1. The number of furan rings is 1. The van der Waals surface area contributed by atoms with Crippen LogP contribution in [-0.2, 0) is 6.42 Å². The summed E-state index contributed by atoms with van der Waals surface area (Å²) in [6.45, 7) is 4.00. The van der Waals surface area contributed by atoms with E-state index in [2.05, 4.69) is 10.2 Å². The molecule has 19 heavy (non-hydrogen) atoms. The molecule has 3 heterocycles. The molecule has 2 unspecified atom stereocenters. The van der Waals surface area contributed by atoms with Crippen LogP contribution in [0.3, 0.4) is 0 Å². The van der Waals surface area contributed by atoms with Crippen molar-refractivity contribution in [2.45, 2.75) is 51.1 Å². The number of hydrogen-bond donors (Lipinski definition) is 1. The number of likely N-dealkylation sites (tertiary alicyclic amines) is 1. The van der Waals surface area contributed by atoms with Crippen molar-refractivity contribution in [3.05, 3.63) is 23.7 Å². The van der Waals surface area contributed by atoms with Gasteiger partial charge in [-0.3, -0.25) is 4.79 Å². The molecule has 2 aliphatic rings. The van der Waals surface area contributed by atoms with Crippen LogP contribution >= 0.6 is 0 Å². The third-order valence-electron chi connectivity index (χ3n) is 4.42. The van der Waals surface area contributed by atoms with Gasteiger partial charge in [0.2, 0.25) is 0 Å². The van der Waals surface area contributed by atoms with Gasteiger partial charge in [-0.15, -0.1) is 0 Å². The van der Waals surface area contributed by atoms with Crippen molar-refractivity contribution in [1.29, 1.82) is 0 Å². The van der Waals surface area contributed by atoms with Crippen LogP contribution in [0.2, 0.25) is 0 Å². The van der Waals surface area contributed by atoms with E-state index in [1.165, 1.54) is 12.8 Å². The van der Waals surface area contributed by atoms with E-state index < -0.39 is 0 Å². The standard InChI is InChI=1S/C15H22N2O2/c1-2-14-11(7-10-19-14)15(18)17-9-4-6-13(17)12-5-3-8-16-12/h7,10,12-13,16H,2-6,8-9H2,1H3. The Bertz CT molecular complexity index is 449. The monoisotopic (exact) mass is 262 g/mol. The molecule has 1 aromatic rings. The lowest BCUT2D eigenvalue weighted by Crippen LogP contribution is -2.46. The lowest BCUT2D eigenvalue weighted by molar-refractivity contribution is 0.0709. The average Bonchev–Trinajstić information content (AvgIpc) is 3.16. The van der Waals surface area contributed by atoms with Gasteiger partial charge in [0.15, 0.2) is 0 Å². The van der Waals surface area contributed by atoms with Gasteiger partial charge in [0.25, 0.3) is 5.91 Å². The third kappa shape index (κ3) is 2.29. The van der Waals surface area contributed by atoms with Gasteiger partial charge >= 0.3 is 0 Å². The van der Waals surface area contributed by atoms with E-state index in [4.69, 9.17) is 4.42 Å². The van der Waals surface area contributed by atoms with E-state index in [-0.39, 0.29) is 5.91 Å². The van der Waals surface area contributed by atoms with E-state index in [1.807, 2.05) is 13.0 Å². The maximum absolute atomic E-state index is 12.7. The number of carbonyl (C=O) groups is 1. The minimum Gasteiger partial charge on any atom is -0.469 e. The highest BCUT2D eigenvalue weighted by Gasteiger charge is 2.36. The summed E-state index contributed by atoms with van der Waals surface area (Å²) in [6.07, 6.45) is 7.07. The van der Waals surface area contributed by atoms with Crippen LogP contribution in [0.25, 0.3) is 0 Å². The Morgan fingerprint density at radius 3 is 3.11 bits per heavy atom. The predicted octanol–water partition coefficient (Wildman–Crippen LogP) is 2.20. The van der Waals surface area contributed by atoms with Gasteiger partial charge < -0.3 is 14.6 Å². The molecule has 1 aromatic heterocycles. The zero-order valence-corrected chi connectivity index (χ0v) is 11.5. The number of carbonyl (C=O) groups excluding carboxylic acids is 1. The topological polar surface area (TPSA) is 45.5 Å². The Morgan fingerprint density at radius 1 is 1.47 bits per heavy atom. The van der Waals surface area contributed by atoms with Gasteiger partial charge in [-0.1, -0.05) is 6.92 Å². The number of amides is 1. The average molecular weight is 262 g/mol. The number of rotatable bonds is 3. The summed E-state index contributed by atoms with van der Waals surface area (Å²) in [5.41, 5.74) is 0.757. The van der Waals surface area contributed by atoms with E-state index >= 15 is 0 Å². The summed E-state index contributed by atoms with van der Waals surface area (Å²) in [6, 6.07) is 2.68. The summed E-state index contributed by atoms with van der Waals surface area (Å²) >= 11 is 0. The van der Waals surface area contributed by atoms with Crippen molar-refractivity contribution >= 4 is 5.91 Å². The summed E-state index contributed by atoms with van der Waals surface area (Å²) in [7, 11) is 0. The molecule has 0 aromatic carbocycles. The van der Waals surface area contributed by atoms with Gasteiger partial charge in [-0.2, -0.15) is 0 Å². The minimum absolute atomic E-state index is 0.154. The molecule has 2 fully saturated rings. The van der Waals surface area contributed by atoms with Crippen LogP contribution in [0.1, 0.15) is 48.7 Å². The van der Waals surface area contributed by atoms with Crippen molar-refractivity contribution in [3.63, 3.8) is 0 Å². The highest BCUT2D eigenvalue weighted by atomic mass is 16.3. The van der Waals surface area contributed by atoms with Crippen molar-refractivity contribution in [3.8, 4) is 0 Å². The van der Waals surface area contributed by atoms with Crippen LogP contribution in [0.5, 0.6) is 0 Å². The summed E-state index contributed by atoms with van der Waals surface area (Å²) in [5, 5.41) is 3.54. The fraction of sp³-hybridized carbons (Fsp3) is 0.667. The first-order valence-corrected chi connectivity index (χ1v) is 7.42. The van der Waals surface area contributed by atoms with Crippen molar-refractivity contribution in [1.82, 2.24) is 10.2 Å². The Balaban J connectivity index is 1.78. The van der Waals surface area contributed by atoms with E-state index in [1.54, 1.807) is 6.26 Å². The van der Waals surface area contributed by atoms with Gasteiger partial charge in [0.05, 0.1) is 11.8 Å². The molecular formula is C15H22N2O2. The smallest absolute Gasteiger partial charge is 0.257 e. The molecule has 104 valence electrons. The largest absolute Gasteiger partial charge is 0.469 e. The highest BCUT2D eigenvalue weighted by Crippen LogP contribution is 2.27. The Labute approximate surface area is 114 Å². The van der Waals surface area contributed by atoms with Crippen molar-refractivity contribution < 1.29 is 9.21 Å². The molecule has 1 amide bonds. The van der Waals surface area contributed by atoms with Crippen LogP contribution in [0.15, 0.2) is 16.7 Å². The lowest BCUT2D eigenvalue weighted by atomic mass is 10.0. The summed E-state index contributed by atoms with van der Waals surface area (Å²) in [4.78, 5) is 14.8. The molecule has 2 atom stereocenters. The fourth-order valence-corrected chi connectivity index (χ4v) is 3.46. The van der Waals surface area contributed by atoms with Crippen LogP contribution in [-0.4, -0.2) is 36.0 Å². The van der Waals surface area contributed by atoms with Gasteiger partial charge in [0, 0.05) is 25.0 Å². The first-order valence-electron chi connectivity index (χ1n) is 7.42. The fourth-order valence-electron chi connectivity index (χ4n) is 3.46. The molecule has 4 nitrogen and oxygen atoms in total. The molecule has 1 N–H and O–H groups in total. The molecule has 0 aliphatic carbocycles. The third-order valence-corrected chi connectivity index (χ3v) is 4.42. The molecule has 3 rings (SSSR count). The zero-order chi connectivity index (χ0) is 13.2. The van der Waals surface area contributed by atoms with Crippen LogP contribution in [0, 0.1) is 0 Å². The SMILES string of the molecule is CCc1occc1C(=O)N1CCCC1C1CCCN1. The lowest BCUT2D eigenvalue weighted by Gasteiger charge is -2.29. The number of hydrogen-bond acceptors (Lipinski definition) is 3. The molecule has 0 spiro atoms. The molecule has 0 saturated carbocycles. The molecule has 4 heteroatoms. The van der Waals surface area contributed by atoms with Crippen molar-refractivity contribution in [2.24, 2.45) is 0 Å². The first kappa shape index (κ1) is 12.7. The molecule has 2 saturated heterocycles. The summed E-state index contributed by atoms with van der Waals surface area (Å²) < 4.78 is 5.39.